The minimum absolute atomic E-state index is 0.188. The van der Waals surface area contributed by atoms with E-state index in [9.17, 15) is 0 Å². The Morgan fingerprint density at radius 3 is 1.54 bits per heavy atom. The molecule has 0 aliphatic heterocycles. The molecule has 3 heteroatoms. The standard InChI is InChI=1S/C58H37N3/c1-3-18-36(19-4-1)55-59-56(37-20-5-2-6-21-37)61-57(60-55)39-23-17-22-38(34-39)48-35-51-52(45-29-10-8-26-42(45)48)53-46-30-11-7-24-40(46)41-25-9-12-31-47(41)54(53)58(51)49-32-15-13-27-43(49)44-28-14-16-33-50(44)58/h1-35,41,47H/t41-,47?/m0/s1. The summed E-state index contributed by atoms with van der Waals surface area (Å²) in [6, 6.07) is 68.3. The summed E-state index contributed by atoms with van der Waals surface area (Å²) in [7, 11) is 0. The molecule has 0 saturated carbocycles. The van der Waals surface area contributed by atoms with Crippen LogP contribution < -0.4 is 0 Å². The first-order valence-electron chi connectivity index (χ1n) is 21.2. The zero-order valence-corrected chi connectivity index (χ0v) is 33.2. The zero-order chi connectivity index (χ0) is 40.1. The van der Waals surface area contributed by atoms with Crippen LogP contribution in [0.25, 0.3) is 72.8 Å². The van der Waals surface area contributed by atoms with Crippen molar-refractivity contribution in [3.05, 3.63) is 251 Å². The number of allylic oxidation sites excluding steroid dienone is 5. The van der Waals surface area contributed by atoms with Gasteiger partial charge in [-0.1, -0.05) is 200 Å². The first kappa shape index (κ1) is 34.1. The molecule has 0 bridgehead atoms. The van der Waals surface area contributed by atoms with E-state index >= 15 is 0 Å². The maximum atomic E-state index is 5.13. The van der Waals surface area contributed by atoms with E-state index in [1.54, 1.807) is 0 Å². The van der Waals surface area contributed by atoms with Crippen LogP contribution in [0.15, 0.2) is 218 Å². The van der Waals surface area contributed by atoms with Gasteiger partial charge in [-0.05, 0) is 89.7 Å². The molecule has 1 aromatic heterocycles. The molecule has 4 aliphatic carbocycles. The molecule has 284 valence electrons. The molecule has 0 amide bonds. The first-order valence-corrected chi connectivity index (χ1v) is 21.2. The number of benzene rings is 8. The van der Waals surface area contributed by atoms with E-state index in [2.05, 4.69) is 176 Å². The normalized spacial score (nSPS) is 17.1. The monoisotopic (exact) mass is 775 g/mol. The summed E-state index contributed by atoms with van der Waals surface area (Å²) in [4.78, 5) is 15.2. The Morgan fingerprint density at radius 2 is 0.869 bits per heavy atom. The number of rotatable bonds is 4. The minimum Gasteiger partial charge on any atom is -0.208 e. The van der Waals surface area contributed by atoms with Crippen LogP contribution in [0, 0.1) is 5.92 Å². The average Bonchev–Trinajstić information content (AvgIpc) is 3.82. The summed E-state index contributed by atoms with van der Waals surface area (Å²) in [5.74, 6) is 2.39. The number of fused-ring (bicyclic) bond motifs is 16. The second-order valence-corrected chi connectivity index (χ2v) is 16.5. The maximum Gasteiger partial charge on any atom is 0.164 e. The van der Waals surface area contributed by atoms with Gasteiger partial charge in [0, 0.05) is 28.5 Å². The van der Waals surface area contributed by atoms with Crippen molar-refractivity contribution in [3.63, 3.8) is 0 Å². The van der Waals surface area contributed by atoms with Crippen LogP contribution in [-0.4, -0.2) is 15.0 Å². The molecule has 1 spiro atoms. The van der Waals surface area contributed by atoms with Crippen molar-refractivity contribution in [1.82, 2.24) is 15.0 Å². The van der Waals surface area contributed by atoms with Crippen LogP contribution in [0.3, 0.4) is 0 Å². The number of hydrogen-bond acceptors (Lipinski definition) is 3. The molecular weight excluding hydrogens is 739 g/mol. The Kier molecular flexibility index (Phi) is 7.35. The van der Waals surface area contributed by atoms with Crippen LogP contribution in [-0.2, 0) is 5.41 Å². The molecule has 61 heavy (non-hydrogen) atoms. The van der Waals surface area contributed by atoms with Gasteiger partial charge >= 0.3 is 0 Å². The van der Waals surface area contributed by atoms with Crippen LogP contribution >= 0.6 is 0 Å². The summed E-state index contributed by atoms with van der Waals surface area (Å²) in [5, 5.41) is 2.50. The summed E-state index contributed by atoms with van der Waals surface area (Å²) >= 11 is 0. The molecule has 1 heterocycles. The molecule has 3 nitrogen and oxygen atoms in total. The SMILES string of the molecule is C1=CC2C3=C(c4ccccc4[C@@H]2C=C1)c1c(cc(-c2cccc(-c4nc(-c5ccccc5)nc(-c5ccccc5)n4)c2)c2ccccc12)C31c2ccccc2-c2ccccc21. The van der Waals surface area contributed by atoms with Gasteiger partial charge in [-0.2, -0.15) is 0 Å². The third-order valence-electron chi connectivity index (χ3n) is 13.5. The predicted octanol–water partition coefficient (Wildman–Crippen LogP) is 13.7. The number of nitrogens with zero attached hydrogens (tertiary/aromatic N) is 3. The highest BCUT2D eigenvalue weighted by Crippen LogP contribution is 2.68. The van der Waals surface area contributed by atoms with Gasteiger partial charge < -0.3 is 0 Å². The van der Waals surface area contributed by atoms with Crippen LogP contribution in [0.4, 0.5) is 0 Å². The largest absolute Gasteiger partial charge is 0.208 e. The highest BCUT2D eigenvalue weighted by Gasteiger charge is 2.57. The molecule has 1 unspecified atom stereocenters. The van der Waals surface area contributed by atoms with Gasteiger partial charge in [0.2, 0.25) is 0 Å². The molecule has 0 N–H and O–H groups in total. The number of aromatic nitrogens is 3. The van der Waals surface area contributed by atoms with E-state index in [1.807, 2.05) is 36.4 Å². The molecule has 0 radical (unpaired) electrons. The fourth-order valence-corrected chi connectivity index (χ4v) is 11.1. The smallest absolute Gasteiger partial charge is 0.164 e. The van der Waals surface area contributed by atoms with Gasteiger partial charge in [0.15, 0.2) is 17.5 Å². The average molecular weight is 776 g/mol. The van der Waals surface area contributed by atoms with Gasteiger partial charge in [0.05, 0.1) is 5.41 Å². The molecule has 0 saturated heterocycles. The Bertz CT molecular complexity index is 3270. The van der Waals surface area contributed by atoms with Crippen molar-refractivity contribution in [3.8, 4) is 56.4 Å². The topological polar surface area (TPSA) is 38.7 Å². The Morgan fingerprint density at radius 1 is 0.361 bits per heavy atom. The van der Waals surface area contributed by atoms with Crippen molar-refractivity contribution < 1.29 is 0 Å². The quantitative estimate of drug-likeness (QED) is 0.179. The highest BCUT2D eigenvalue weighted by molar-refractivity contribution is 6.12. The van der Waals surface area contributed by atoms with Crippen LogP contribution in [0.5, 0.6) is 0 Å². The van der Waals surface area contributed by atoms with Crippen molar-refractivity contribution in [1.29, 1.82) is 0 Å². The maximum absolute atomic E-state index is 5.13. The van der Waals surface area contributed by atoms with E-state index in [0.29, 0.717) is 17.5 Å². The van der Waals surface area contributed by atoms with Crippen LogP contribution in [0.2, 0.25) is 0 Å². The molecule has 8 aromatic carbocycles. The van der Waals surface area contributed by atoms with E-state index in [-0.39, 0.29) is 11.8 Å². The Labute approximate surface area is 354 Å². The minimum atomic E-state index is -0.496. The van der Waals surface area contributed by atoms with Gasteiger partial charge in [-0.25, -0.2) is 15.0 Å². The van der Waals surface area contributed by atoms with Gasteiger partial charge in [0.25, 0.3) is 0 Å². The van der Waals surface area contributed by atoms with Crippen molar-refractivity contribution >= 4 is 16.3 Å². The zero-order valence-electron chi connectivity index (χ0n) is 33.2. The molecule has 9 aromatic rings. The second-order valence-electron chi connectivity index (χ2n) is 16.5. The fourth-order valence-electron chi connectivity index (χ4n) is 11.1. The van der Waals surface area contributed by atoms with Crippen molar-refractivity contribution in [2.24, 2.45) is 5.92 Å². The van der Waals surface area contributed by atoms with E-state index in [0.717, 1.165) is 22.3 Å². The van der Waals surface area contributed by atoms with Gasteiger partial charge in [-0.3, -0.25) is 0 Å². The molecule has 13 rings (SSSR count). The summed E-state index contributed by atoms with van der Waals surface area (Å²) in [6.45, 7) is 0. The van der Waals surface area contributed by atoms with Crippen molar-refractivity contribution in [2.45, 2.75) is 11.3 Å². The first-order chi connectivity index (χ1) is 30.3. The lowest BCUT2D eigenvalue weighted by atomic mass is 9.60. The fraction of sp³-hybridized carbons (Fsp3) is 0.0517. The molecular formula is C58H37N3. The Balaban J connectivity index is 1.10. The summed E-state index contributed by atoms with van der Waals surface area (Å²) in [5.41, 5.74) is 18.4. The van der Waals surface area contributed by atoms with Crippen LogP contribution in [0.1, 0.15) is 39.3 Å². The lowest BCUT2D eigenvalue weighted by molar-refractivity contribution is 0.575. The van der Waals surface area contributed by atoms with E-state index in [4.69, 9.17) is 15.0 Å². The van der Waals surface area contributed by atoms with Gasteiger partial charge in [0.1, 0.15) is 0 Å². The third kappa shape index (κ3) is 4.83. The van der Waals surface area contributed by atoms with Crippen molar-refractivity contribution in [2.75, 3.05) is 0 Å². The summed E-state index contributed by atoms with van der Waals surface area (Å²) < 4.78 is 0. The predicted molar refractivity (Wildman–Crippen MR) is 248 cm³/mol. The van der Waals surface area contributed by atoms with E-state index in [1.165, 1.54) is 72.0 Å². The molecule has 2 atom stereocenters. The number of hydrogen-bond donors (Lipinski definition) is 0. The lowest BCUT2D eigenvalue weighted by Gasteiger charge is -2.41. The molecule has 0 fully saturated rings. The lowest BCUT2D eigenvalue weighted by Crippen LogP contribution is -2.34. The molecule has 4 aliphatic rings. The van der Waals surface area contributed by atoms with Gasteiger partial charge in [-0.15, -0.1) is 0 Å². The van der Waals surface area contributed by atoms with E-state index < -0.39 is 5.41 Å². The second kappa shape index (κ2) is 13.1. The third-order valence-corrected chi connectivity index (χ3v) is 13.5. The highest BCUT2D eigenvalue weighted by atomic mass is 15.0. The Hall–Kier alpha value is -7.75. The summed E-state index contributed by atoms with van der Waals surface area (Å²) in [6.07, 6.45) is 9.42.